The number of hydrogen-bond donors (Lipinski definition) is 0. The number of aldehydes is 1. The van der Waals surface area contributed by atoms with Gasteiger partial charge in [0.2, 0.25) is 0 Å². The van der Waals surface area contributed by atoms with Crippen molar-refractivity contribution in [3.05, 3.63) is 23.3 Å². The van der Waals surface area contributed by atoms with Crippen LogP contribution in [0.1, 0.15) is 46.0 Å². The zero-order chi connectivity index (χ0) is 11.8. The zero-order valence-electron chi connectivity index (χ0n) is 10.4. The van der Waals surface area contributed by atoms with Gasteiger partial charge in [0.25, 0.3) is 0 Å². The van der Waals surface area contributed by atoms with Crippen molar-refractivity contribution < 1.29 is 9.53 Å². The van der Waals surface area contributed by atoms with Crippen LogP contribution in [0.4, 0.5) is 0 Å². The first kappa shape index (κ1) is 13.2. The molecule has 0 aromatic carbocycles. The molecule has 0 fully saturated rings. The van der Waals surface area contributed by atoms with Crippen molar-refractivity contribution in [2.75, 3.05) is 6.61 Å². The molecule has 1 aliphatic carbocycles. The summed E-state index contributed by atoms with van der Waals surface area (Å²) in [6, 6.07) is 0. The minimum absolute atomic E-state index is 0.182. The van der Waals surface area contributed by atoms with Crippen LogP contribution in [0.25, 0.3) is 0 Å². The molecule has 2 nitrogen and oxygen atoms in total. The summed E-state index contributed by atoms with van der Waals surface area (Å²) in [4.78, 5) is 10.4. The van der Waals surface area contributed by atoms with Gasteiger partial charge in [-0.1, -0.05) is 11.6 Å². The average molecular weight is 222 g/mol. The van der Waals surface area contributed by atoms with E-state index in [1.165, 1.54) is 24.8 Å². The van der Waals surface area contributed by atoms with Gasteiger partial charge in [0.05, 0.1) is 6.10 Å². The molecule has 0 radical (unpaired) electrons. The predicted molar refractivity (Wildman–Crippen MR) is 66.4 cm³/mol. The van der Waals surface area contributed by atoms with Crippen LogP contribution in [-0.4, -0.2) is 19.0 Å². The van der Waals surface area contributed by atoms with E-state index in [4.69, 9.17) is 4.74 Å². The molecule has 1 atom stereocenters. The zero-order valence-corrected chi connectivity index (χ0v) is 10.4. The lowest BCUT2D eigenvalue weighted by molar-refractivity contribution is -0.104. The van der Waals surface area contributed by atoms with E-state index in [1.807, 2.05) is 13.8 Å². The summed E-state index contributed by atoms with van der Waals surface area (Å²) in [6.07, 6.45) is 10.7. The van der Waals surface area contributed by atoms with Gasteiger partial charge in [0, 0.05) is 6.61 Å². The predicted octanol–water partition coefficient (Wildman–Crippen LogP) is 3.43. The molecular weight excluding hydrogens is 200 g/mol. The second-order valence-electron chi connectivity index (χ2n) is 4.32. The molecule has 0 aromatic heterocycles. The van der Waals surface area contributed by atoms with E-state index in [0.29, 0.717) is 0 Å². The van der Waals surface area contributed by atoms with Crippen molar-refractivity contribution in [2.45, 2.75) is 52.1 Å². The van der Waals surface area contributed by atoms with Crippen LogP contribution in [0.2, 0.25) is 0 Å². The van der Waals surface area contributed by atoms with E-state index in [1.54, 1.807) is 6.08 Å². The number of rotatable bonds is 6. The van der Waals surface area contributed by atoms with Gasteiger partial charge in [0.1, 0.15) is 6.29 Å². The van der Waals surface area contributed by atoms with Crippen molar-refractivity contribution in [1.82, 2.24) is 0 Å². The molecule has 2 heteroatoms. The second-order valence-corrected chi connectivity index (χ2v) is 4.32. The molecule has 90 valence electrons. The maximum absolute atomic E-state index is 10.4. The molecule has 16 heavy (non-hydrogen) atoms. The molecule has 0 saturated carbocycles. The molecule has 0 aliphatic heterocycles. The van der Waals surface area contributed by atoms with E-state index in [9.17, 15) is 4.79 Å². The number of allylic oxidation sites excluding steroid dienone is 2. The largest absolute Gasteiger partial charge is 0.374 e. The Hall–Kier alpha value is -0.890. The van der Waals surface area contributed by atoms with Gasteiger partial charge in [-0.3, -0.25) is 4.79 Å². The molecule has 1 unspecified atom stereocenters. The Balaban J connectivity index is 2.62. The van der Waals surface area contributed by atoms with Crippen LogP contribution >= 0.6 is 0 Å². The van der Waals surface area contributed by atoms with Gasteiger partial charge in [0.15, 0.2) is 0 Å². The first-order chi connectivity index (χ1) is 7.77. The van der Waals surface area contributed by atoms with Gasteiger partial charge in [-0.2, -0.15) is 0 Å². The van der Waals surface area contributed by atoms with E-state index in [2.05, 4.69) is 6.08 Å². The van der Waals surface area contributed by atoms with Crippen molar-refractivity contribution in [2.24, 2.45) is 0 Å². The fourth-order valence-corrected chi connectivity index (χ4v) is 2.13. The van der Waals surface area contributed by atoms with Crippen molar-refractivity contribution in [3.63, 3.8) is 0 Å². The topological polar surface area (TPSA) is 26.3 Å². The Morgan fingerprint density at radius 1 is 1.56 bits per heavy atom. The maximum Gasteiger partial charge on any atom is 0.142 e. The number of ether oxygens (including phenoxy) is 1. The summed E-state index contributed by atoms with van der Waals surface area (Å²) in [5, 5.41) is 0. The molecule has 0 N–H and O–H groups in total. The molecule has 0 amide bonds. The van der Waals surface area contributed by atoms with Gasteiger partial charge in [-0.15, -0.1) is 0 Å². The first-order valence-electron chi connectivity index (χ1n) is 6.19. The molecular formula is C14H22O2. The van der Waals surface area contributed by atoms with Crippen LogP contribution in [0, 0.1) is 0 Å². The number of carbonyl (C=O) groups excluding carboxylic acids is 1. The summed E-state index contributed by atoms with van der Waals surface area (Å²) < 4.78 is 5.77. The number of hydrogen-bond acceptors (Lipinski definition) is 2. The second kappa shape index (κ2) is 7.39. The lowest BCUT2D eigenvalue weighted by Gasteiger charge is -2.23. The van der Waals surface area contributed by atoms with Crippen LogP contribution in [0.15, 0.2) is 23.3 Å². The van der Waals surface area contributed by atoms with Crippen LogP contribution in [0.5, 0.6) is 0 Å². The lowest BCUT2D eigenvalue weighted by Crippen LogP contribution is -2.18. The maximum atomic E-state index is 10.4. The summed E-state index contributed by atoms with van der Waals surface area (Å²) in [5.74, 6) is 0. The third kappa shape index (κ3) is 4.31. The van der Waals surface area contributed by atoms with Crippen molar-refractivity contribution >= 4 is 6.29 Å². The third-order valence-electron chi connectivity index (χ3n) is 2.97. The van der Waals surface area contributed by atoms with E-state index in [0.717, 1.165) is 31.3 Å². The summed E-state index contributed by atoms with van der Waals surface area (Å²) in [6.45, 7) is 4.75. The fraction of sp³-hybridized carbons (Fsp3) is 0.643. The standard InChI is InChI=1S/C14H22O2/c1-3-16-14(11-12(2)9-10-15)13-7-5-4-6-8-13/h7,9-10,14H,3-6,8,11H2,1-2H3/b12-9+. The summed E-state index contributed by atoms with van der Waals surface area (Å²) in [7, 11) is 0. The van der Waals surface area contributed by atoms with Gasteiger partial charge >= 0.3 is 0 Å². The smallest absolute Gasteiger partial charge is 0.142 e. The Morgan fingerprint density at radius 3 is 2.94 bits per heavy atom. The summed E-state index contributed by atoms with van der Waals surface area (Å²) in [5.41, 5.74) is 2.52. The highest BCUT2D eigenvalue weighted by molar-refractivity contribution is 5.65. The highest BCUT2D eigenvalue weighted by Gasteiger charge is 2.16. The third-order valence-corrected chi connectivity index (χ3v) is 2.97. The minimum Gasteiger partial charge on any atom is -0.374 e. The fourth-order valence-electron chi connectivity index (χ4n) is 2.13. The Kier molecular flexibility index (Phi) is 6.09. The van der Waals surface area contributed by atoms with E-state index < -0.39 is 0 Å². The Bertz CT molecular complexity index is 276. The van der Waals surface area contributed by atoms with Crippen LogP contribution in [0.3, 0.4) is 0 Å². The van der Waals surface area contributed by atoms with E-state index in [-0.39, 0.29) is 6.10 Å². The van der Waals surface area contributed by atoms with E-state index >= 15 is 0 Å². The highest BCUT2D eigenvalue weighted by Crippen LogP contribution is 2.25. The highest BCUT2D eigenvalue weighted by atomic mass is 16.5. The molecule has 0 bridgehead atoms. The molecule has 0 saturated heterocycles. The molecule has 0 heterocycles. The van der Waals surface area contributed by atoms with Crippen molar-refractivity contribution in [1.29, 1.82) is 0 Å². The molecule has 1 rings (SSSR count). The molecule has 0 spiro atoms. The average Bonchev–Trinajstić information content (AvgIpc) is 2.30. The quantitative estimate of drug-likeness (QED) is 0.391. The van der Waals surface area contributed by atoms with Crippen LogP contribution in [-0.2, 0) is 9.53 Å². The monoisotopic (exact) mass is 222 g/mol. The van der Waals surface area contributed by atoms with Gasteiger partial charge in [-0.05, 0) is 57.6 Å². The normalized spacial score (nSPS) is 19.1. The first-order valence-corrected chi connectivity index (χ1v) is 6.19. The van der Waals surface area contributed by atoms with Crippen molar-refractivity contribution in [3.8, 4) is 0 Å². The SMILES string of the molecule is CCOC(C/C(C)=C/C=O)C1=CCCCC1. The van der Waals surface area contributed by atoms with Gasteiger partial charge in [-0.25, -0.2) is 0 Å². The van der Waals surface area contributed by atoms with Gasteiger partial charge < -0.3 is 4.74 Å². The minimum atomic E-state index is 0.182. The molecule has 0 aromatic rings. The molecule has 1 aliphatic rings. The lowest BCUT2D eigenvalue weighted by atomic mass is 9.92. The Labute approximate surface area is 98.4 Å². The van der Waals surface area contributed by atoms with Crippen LogP contribution < -0.4 is 0 Å². The summed E-state index contributed by atoms with van der Waals surface area (Å²) >= 11 is 0. The number of carbonyl (C=O) groups is 1. The Morgan fingerprint density at radius 2 is 2.38 bits per heavy atom.